The van der Waals surface area contributed by atoms with Gasteiger partial charge >= 0.3 is 0 Å². The van der Waals surface area contributed by atoms with Gasteiger partial charge in [0.15, 0.2) is 5.69 Å². The minimum atomic E-state index is -0.0300. The Morgan fingerprint density at radius 1 is 1.30 bits per heavy atom. The number of likely N-dealkylation sites (tertiary alicyclic amines) is 1. The number of nitrogens with zero attached hydrogens (tertiary/aromatic N) is 4. The number of aryl methyl sites for hydroxylation is 1. The van der Waals surface area contributed by atoms with Gasteiger partial charge in [-0.3, -0.25) is 9.89 Å². The number of nitrogens with one attached hydrogen (secondary N) is 1. The van der Waals surface area contributed by atoms with Gasteiger partial charge in [0.05, 0.1) is 5.52 Å². The topological polar surface area (TPSA) is 74.8 Å². The smallest absolute Gasteiger partial charge is 0.275 e. The van der Waals surface area contributed by atoms with Crippen LogP contribution in [-0.2, 0) is 0 Å². The van der Waals surface area contributed by atoms with Gasteiger partial charge in [-0.05, 0) is 25.5 Å². The Morgan fingerprint density at radius 3 is 3.04 bits per heavy atom. The number of H-pyrrole nitrogens is 1. The molecule has 1 amide bonds. The van der Waals surface area contributed by atoms with Gasteiger partial charge in [0.1, 0.15) is 5.82 Å². The van der Waals surface area contributed by atoms with E-state index < -0.39 is 0 Å². The Balaban J connectivity index is 1.56. The summed E-state index contributed by atoms with van der Waals surface area (Å²) >= 11 is 0. The maximum Gasteiger partial charge on any atom is 0.275 e. The quantitative estimate of drug-likeness (QED) is 0.788. The number of carbonyl (C=O) groups is 1. The normalized spacial score (nSPS) is 17.8. The van der Waals surface area contributed by atoms with Crippen LogP contribution in [0.25, 0.3) is 10.9 Å². The Hall–Kier alpha value is -2.76. The predicted octanol–water partition coefficient (Wildman–Crippen LogP) is 2.29. The van der Waals surface area contributed by atoms with E-state index in [1.54, 1.807) is 6.20 Å². The maximum absolute atomic E-state index is 12.8. The van der Waals surface area contributed by atoms with Crippen LogP contribution in [0.1, 0.15) is 34.3 Å². The van der Waals surface area contributed by atoms with Crippen molar-refractivity contribution in [2.45, 2.75) is 19.3 Å². The highest BCUT2D eigenvalue weighted by atomic mass is 16.2. The summed E-state index contributed by atoms with van der Waals surface area (Å²) in [5, 5.41) is 7.99. The highest BCUT2D eigenvalue weighted by molar-refractivity contribution is 6.04. The molecule has 3 heterocycles. The van der Waals surface area contributed by atoms with Crippen molar-refractivity contribution in [2.24, 2.45) is 0 Å². The number of amides is 1. The average Bonchev–Trinajstić information content (AvgIpc) is 3.22. The van der Waals surface area contributed by atoms with Crippen LogP contribution >= 0.6 is 0 Å². The first-order valence-corrected chi connectivity index (χ1v) is 7.74. The number of para-hydroxylation sites is 1. The van der Waals surface area contributed by atoms with Crippen molar-refractivity contribution in [3.63, 3.8) is 0 Å². The van der Waals surface area contributed by atoms with Crippen molar-refractivity contribution in [2.75, 3.05) is 13.1 Å². The molecule has 0 saturated carbocycles. The summed E-state index contributed by atoms with van der Waals surface area (Å²) in [7, 11) is 0. The minimum Gasteiger partial charge on any atom is -0.336 e. The molecule has 116 valence electrons. The van der Waals surface area contributed by atoms with Crippen molar-refractivity contribution in [1.82, 2.24) is 25.1 Å². The molecule has 4 rings (SSSR count). The molecule has 6 nitrogen and oxygen atoms in total. The minimum absolute atomic E-state index is 0.0300. The molecule has 0 aliphatic carbocycles. The van der Waals surface area contributed by atoms with E-state index in [2.05, 4.69) is 20.2 Å². The number of carbonyl (C=O) groups excluding carboxylic acids is 1. The lowest BCUT2D eigenvalue weighted by molar-refractivity contribution is 0.0786. The average molecular weight is 307 g/mol. The van der Waals surface area contributed by atoms with Crippen LogP contribution in [0.4, 0.5) is 0 Å². The van der Waals surface area contributed by atoms with Gasteiger partial charge in [-0.2, -0.15) is 5.10 Å². The van der Waals surface area contributed by atoms with Crippen LogP contribution in [0.15, 0.2) is 36.5 Å². The summed E-state index contributed by atoms with van der Waals surface area (Å²) in [4.78, 5) is 23.5. The summed E-state index contributed by atoms with van der Waals surface area (Å²) in [5.41, 5.74) is 2.33. The predicted molar refractivity (Wildman–Crippen MR) is 86.1 cm³/mol. The number of aromatic amines is 1. The summed E-state index contributed by atoms with van der Waals surface area (Å²) in [5.74, 6) is 0.994. The second kappa shape index (κ2) is 5.46. The number of benzene rings is 1. The molecule has 6 heteroatoms. The SMILES string of the molecule is Cc1ccnc([C@H]2CCN(C(=O)c3n[nH]c4ccccc34)C2)n1. The summed E-state index contributed by atoms with van der Waals surface area (Å²) in [6.45, 7) is 3.31. The number of aromatic nitrogens is 4. The molecule has 0 spiro atoms. The molecule has 0 unspecified atom stereocenters. The maximum atomic E-state index is 12.8. The number of fused-ring (bicyclic) bond motifs is 1. The summed E-state index contributed by atoms with van der Waals surface area (Å²) < 4.78 is 0. The fourth-order valence-corrected chi connectivity index (χ4v) is 3.10. The molecule has 1 aliphatic rings. The first-order valence-electron chi connectivity index (χ1n) is 7.74. The second-order valence-corrected chi connectivity index (χ2v) is 5.91. The molecule has 3 aromatic rings. The van der Waals surface area contributed by atoms with Gasteiger partial charge in [-0.25, -0.2) is 9.97 Å². The van der Waals surface area contributed by atoms with Crippen molar-refractivity contribution >= 4 is 16.8 Å². The second-order valence-electron chi connectivity index (χ2n) is 5.91. The van der Waals surface area contributed by atoms with Crippen LogP contribution in [0.3, 0.4) is 0 Å². The molecular weight excluding hydrogens is 290 g/mol. The Bertz CT molecular complexity index is 872. The largest absolute Gasteiger partial charge is 0.336 e. The van der Waals surface area contributed by atoms with Gasteiger partial charge in [0.2, 0.25) is 0 Å². The summed E-state index contributed by atoms with van der Waals surface area (Å²) in [6.07, 6.45) is 2.67. The molecule has 1 saturated heterocycles. The third-order valence-electron chi connectivity index (χ3n) is 4.33. The first-order chi connectivity index (χ1) is 11.2. The molecule has 1 fully saturated rings. The highest BCUT2D eigenvalue weighted by Gasteiger charge is 2.31. The number of rotatable bonds is 2. The molecule has 23 heavy (non-hydrogen) atoms. The van der Waals surface area contributed by atoms with E-state index in [4.69, 9.17) is 0 Å². The van der Waals surface area contributed by atoms with Crippen molar-refractivity contribution in [3.8, 4) is 0 Å². The van der Waals surface area contributed by atoms with Crippen molar-refractivity contribution in [1.29, 1.82) is 0 Å². The fourth-order valence-electron chi connectivity index (χ4n) is 3.10. The van der Waals surface area contributed by atoms with E-state index >= 15 is 0 Å². The summed E-state index contributed by atoms with van der Waals surface area (Å²) in [6, 6.07) is 9.57. The lowest BCUT2D eigenvalue weighted by Gasteiger charge is -2.15. The zero-order valence-corrected chi connectivity index (χ0v) is 12.9. The van der Waals surface area contributed by atoms with Gasteiger partial charge < -0.3 is 4.90 Å². The van der Waals surface area contributed by atoms with Crippen LogP contribution in [0, 0.1) is 6.92 Å². The molecule has 1 atom stereocenters. The van der Waals surface area contributed by atoms with E-state index in [0.717, 1.165) is 28.8 Å². The molecule has 1 aromatic carbocycles. The fraction of sp³-hybridized carbons (Fsp3) is 0.294. The van der Waals surface area contributed by atoms with E-state index in [1.165, 1.54) is 0 Å². The zero-order valence-electron chi connectivity index (χ0n) is 12.9. The number of hydrogen-bond acceptors (Lipinski definition) is 4. The zero-order chi connectivity index (χ0) is 15.8. The van der Waals surface area contributed by atoms with Crippen LogP contribution in [0.5, 0.6) is 0 Å². The highest BCUT2D eigenvalue weighted by Crippen LogP contribution is 2.27. The van der Waals surface area contributed by atoms with Crippen molar-refractivity contribution in [3.05, 3.63) is 53.7 Å². The van der Waals surface area contributed by atoms with Crippen LogP contribution in [-0.4, -0.2) is 44.1 Å². The Morgan fingerprint density at radius 2 is 2.17 bits per heavy atom. The van der Waals surface area contributed by atoms with E-state index in [0.29, 0.717) is 18.8 Å². The Kier molecular flexibility index (Phi) is 3.29. The third kappa shape index (κ3) is 2.46. The van der Waals surface area contributed by atoms with Gasteiger partial charge in [-0.1, -0.05) is 18.2 Å². The molecule has 1 N–H and O–H groups in total. The van der Waals surface area contributed by atoms with Gasteiger partial charge in [0.25, 0.3) is 5.91 Å². The van der Waals surface area contributed by atoms with Crippen LogP contribution in [0.2, 0.25) is 0 Å². The molecule has 1 aliphatic heterocycles. The lowest BCUT2D eigenvalue weighted by atomic mass is 10.1. The van der Waals surface area contributed by atoms with Gasteiger partial charge in [-0.15, -0.1) is 0 Å². The Labute approximate surface area is 133 Å². The number of hydrogen-bond donors (Lipinski definition) is 1. The monoisotopic (exact) mass is 307 g/mol. The molecule has 2 aromatic heterocycles. The first kappa shape index (κ1) is 13.9. The van der Waals surface area contributed by atoms with Gasteiger partial charge in [0, 0.05) is 36.3 Å². The molecular formula is C17H17N5O. The molecule has 0 bridgehead atoms. The standard InChI is InChI=1S/C17H17N5O/c1-11-6-8-18-16(19-11)12-7-9-22(10-12)17(23)15-13-4-2-3-5-14(13)20-21-15/h2-6,8,12H,7,9-10H2,1H3,(H,20,21)/t12-/m0/s1. The van der Waals surface area contributed by atoms with Crippen molar-refractivity contribution < 1.29 is 4.79 Å². The van der Waals surface area contributed by atoms with E-state index in [9.17, 15) is 4.79 Å². The lowest BCUT2D eigenvalue weighted by Crippen LogP contribution is -2.29. The molecule has 0 radical (unpaired) electrons. The van der Waals surface area contributed by atoms with E-state index in [-0.39, 0.29) is 11.8 Å². The van der Waals surface area contributed by atoms with Crippen LogP contribution < -0.4 is 0 Å². The third-order valence-corrected chi connectivity index (χ3v) is 4.33. The van der Waals surface area contributed by atoms with E-state index in [1.807, 2.05) is 42.2 Å².